The van der Waals surface area contributed by atoms with Crippen molar-refractivity contribution < 1.29 is 19.3 Å². The molecule has 0 radical (unpaired) electrons. The Morgan fingerprint density at radius 2 is 2.04 bits per heavy atom. The van der Waals surface area contributed by atoms with Crippen LogP contribution >= 0.6 is 0 Å². The fourth-order valence-electron chi connectivity index (χ4n) is 3.85. The quantitative estimate of drug-likeness (QED) is 0.855. The van der Waals surface area contributed by atoms with Crippen molar-refractivity contribution in [2.75, 3.05) is 26.2 Å². The molecule has 3 heterocycles. The number of fused-ring (bicyclic) bond motifs is 1. The second-order valence-corrected chi connectivity index (χ2v) is 7.31. The molecule has 3 aliphatic heterocycles. The van der Waals surface area contributed by atoms with Gasteiger partial charge in [-0.2, -0.15) is 0 Å². The van der Waals surface area contributed by atoms with Crippen LogP contribution in [0.15, 0.2) is 30.3 Å². The van der Waals surface area contributed by atoms with Gasteiger partial charge in [0, 0.05) is 32.2 Å². The van der Waals surface area contributed by atoms with Gasteiger partial charge in [0.25, 0.3) is 0 Å². The third-order valence-corrected chi connectivity index (χ3v) is 5.01. The molecular weight excluding hydrogens is 308 g/mol. The minimum Gasteiger partial charge on any atom is -0.387 e. The number of ether oxygens (including phenoxy) is 3. The van der Waals surface area contributed by atoms with Crippen molar-refractivity contribution >= 4 is 0 Å². The van der Waals surface area contributed by atoms with Crippen LogP contribution in [0.1, 0.15) is 25.5 Å². The van der Waals surface area contributed by atoms with Gasteiger partial charge >= 0.3 is 0 Å². The van der Waals surface area contributed by atoms with E-state index in [1.165, 1.54) is 5.56 Å². The Kier molecular flexibility index (Phi) is 4.36. The van der Waals surface area contributed by atoms with Crippen molar-refractivity contribution in [1.82, 2.24) is 10.2 Å². The minimum absolute atomic E-state index is 0.273. The molecule has 6 nitrogen and oxygen atoms in total. The predicted octanol–water partition coefficient (Wildman–Crippen LogP) is 0.870. The molecule has 3 fully saturated rings. The second kappa shape index (κ2) is 6.37. The molecule has 132 valence electrons. The first-order valence-corrected chi connectivity index (χ1v) is 8.72. The summed E-state index contributed by atoms with van der Waals surface area (Å²) in [5.74, 6) is -0.686. The molecule has 5 atom stereocenters. The van der Waals surface area contributed by atoms with Gasteiger partial charge in [-0.25, -0.2) is 0 Å². The highest BCUT2D eigenvalue weighted by Crippen LogP contribution is 2.37. The van der Waals surface area contributed by atoms with Gasteiger partial charge in [-0.1, -0.05) is 30.3 Å². The van der Waals surface area contributed by atoms with Crippen molar-refractivity contribution in [2.24, 2.45) is 0 Å². The van der Waals surface area contributed by atoms with Gasteiger partial charge < -0.3 is 24.6 Å². The average Bonchev–Trinajstić information content (AvgIpc) is 3.02. The number of aliphatic hydroxyl groups excluding tert-OH is 1. The number of benzene rings is 1. The van der Waals surface area contributed by atoms with Crippen molar-refractivity contribution in [3.05, 3.63) is 35.9 Å². The maximum atomic E-state index is 10.5. The van der Waals surface area contributed by atoms with Gasteiger partial charge in [-0.05, 0) is 19.4 Å². The van der Waals surface area contributed by atoms with E-state index in [1.807, 2.05) is 19.9 Å². The Labute approximate surface area is 142 Å². The standard InChI is InChI=1S/C18H26N2O4/c1-18(2)23-16-15(21)14(22-17(16)24-18)11-20-9-8-19-13(10-20)12-6-4-3-5-7-12/h3-7,13-17,19,21H,8-11H2,1-2H3/t13-,14-,15+,16-,17-/m1/s1. The monoisotopic (exact) mass is 334 g/mol. The molecule has 6 heteroatoms. The van der Waals surface area contributed by atoms with Crippen LogP contribution in [0, 0.1) is 0 Å². The van der Waals surface area contributed by atoms with Gasteiger partial charge in [-0.3, -0.25) is 4.90 Å². The molecule has 0 aromatic heterocycles. The van der Waals surface area contributed by atoms with E-state index in [9.17, 15) is 5.11 Å². The largest absolute Gasteiger partial charge is 0.387 e. The van der Waals surface area contributed by atoms with Crippen LogP contribution in [0.3, 0.4) is 0 Å². The maximum absolute atomic E-state index is 10.5. The summed E-state index contributed by atoms with van der Waals surface area (Å²) in [4.78, 5) is 2.34. The maximum Gasteiger partial charge on any atom is 0.190 e. The molecule has 0 unspecified atom stereocenters. The van der Waals surface area contributed by atoms with Gasteiger partial charge in [0.15, 0.2) is 12.1 Å². The van der Waals surface area contributed by atoms with Gasteiger partial charge in [0.05, 0.1) is 0 Å². The number of nitrogens with zero attached hydrogens (tertiary/aromatic N) is 1. The Hall–Kier alpha value is -1.02. The number of aliphatic hydroxyl groups is 1. The summed E-state index contributed by atoms with van der Waals surface area (Å²) in [5.41, 5.74) is 1.29. The van der Waals surface area contributed by atoms with Crippen molar-refractivity contribution in [3.63, 3.8) is 0 Å². The van der Waals surface area contributed by atoms with Gasteiger partial charge in [-0.15, -0.1) is 0 Å². The lowest BCUT2D eigenvalue weighted by molar-refractivity contribution is -0.216. The highest BCUT2D eigenvalue weighted by atomic mass is 16.8. The zero-order valence-corrected chi connectivity index (χ0v) is 14.2. The van der Waals surface area contributed by atoms with Crippen molar-refractivity contribution in [2.45, 2.75) is 50.3 Å². The fraction of sp³-hybridized carbons (Fsp3) is 0.667. The smallest absolute Gasteiger partial charge is 0.190 e. The summed E-state index contributed by atoms with van der Waals surface area (Å²) in [6, 6.07) is 10.8. The van der Waals surface area contributed by atoms with Crippen LogP contribution in [0.25, 0.3) is 0 Å². The van der Waals surface area contributed by atoms with Crippen LogP contribution in [0.2, 0.25) is 0 Å². The van der Waals surface area contributed by atoms with Gasteiger partial charge in [0.2, 0.25) is 0 Å². The molecule has 0 bridgehead atoms. The first-order chi connectivity index (χ1) is 11.5. The summed E-state index contributed by atoms with van der Waals surface area (Å²) >= 11 is 0. The predicted molar refractivity (Wildman–Crippen MR) is 88.3 cm³/mol. The Bertz CT molecular complexity index is 567. The highest BCUT2D eigenvalue weighted by Gasteiger charge is 2.54. The normalized spacial score (nSPS) is 39.0. The van der Waals surface area contributed by atoms with Crippen LogP contribution in [-0.4, -0.2) is 66.6 Å². The van der Waals surface area contributed by atoms with Gasteiger partial charge in [0.1, 0.15) is 18.3 Å². The molecule has 0 amide bonds. The Morgan fingerprint density at radius 3 is 2.79 bits per heavy atom. The number of nitrogens with one attached hydrogen (secondary N) is 1. The molecule has 1 aromatic rings. The molecule has 1 aromatic carbocycles. The van der Waals surface area contributed by atoms with E-state index >= 15 is 0 Å². The topological polar surface area (TPSA) is 63.2 Å². The molecule has 3 saturated heterocycles. The van der Waals surface area contributed by atoms with Crippen LogP contribution in [-0.2, 0) is 14.2 Å². The first-order valence-electron chi connectivity index (χ1n) is 8.72. The third-order valence-electron chi connectivity index (χ3n) is 5.01. The minimum atomic E-state index is -0.686. The summed E-state index contributed by atoms with van der Waals surface area (Å²) in [6.07, 6.45) is -1.78. The van der Waals surface area contributed by atoms with E-state index in [2.05, 4.69) is 34.5 Å². The van der Waals surface area contributed by atoms with Crippen molar-refractivity contribution in [3.8, 4) is 0 Å². The average molecular weight is 334 g/mol. The van der Waals surface area contributed by atoms with E-state index in [-0.39, 0.29) is 6.10 Å². The lowest BCUT2D eigenvalue weighted by Crippen LogP contribution is -2.50. The van der Waals surface area contributed by atoms with E-state index in [4.69, 9.17) is 14.2 Å². The molecule has 24 heavy (non-hydrogen) atoms. The number of hydrogen-bond donors (Lipinski definition) is 2. The van der Waals surface area contributed by atoms with E-state index in [1.54, 1.807) is 0 Å². The first kappa shape index (κ1) is 16.4. The molecule has 4 rings (SSSR count). The molecule has 3 aliphatic rings. The zero-order chi connectivity index (χ0) is 16.7. The zero-order valence-electron chi connectivity index (χ0n) is 14.2. The van der Waals surface area contributed by atoms with E-state index < -0.39 is 24.3 Å². The summed E-state index contributed by atoms with van der Waals surface area (Å²) in [7, 11) is 0. The molecule has 0 saturated carbocycles. The number of rotatable bonds is 3. The molecule has 0 aliphatic carbocycles. The molecule has 2 N–H and O–H groups in total. The van der Waals surface area contributed by atoms with E-state index in [0.717, 1.165) is 19.6 Å². The highest BCUT2D eigenvalue weighted by molar-refractivity contribution is 5.19. The fourth-order valence-corrected chi connectivity index (χ4v) is 3.85. The summed E-state index contributed by atoms with van der Waals surface area (Å²) < 4.78 is 17.4. The molecular formula is C18H26N2O4. The van der Waals surface area contributed by atoms with Crippen LogP contribution < -0.4 is 5.32 Å². The van der Waals surface area contributed by atoms with Crippen molar-refractivity contribution in [1.29, 1.82) is 0 Å². The molecule has 0 spiro atoms. The number of piperazine rings is 1. The summed E-state index contributed by atoms with van der Waals surface area (Å²) in [6.45, 7) is 7.15. The third kappa shape index (κ3) is 3.22. The van der Waals surface area contributed by atoms with E-state index in [0.29, 0.717) is 12.6 Å². The lowest BCUT2D eigenvalue weighted by atomic mass is 10.0. The Morgan fingerprint density at radius 1 is 1.25 bits per heavy atom. The van der Waals surface area contributed by atoms with Crippen LogP contribution in [0.5, 0.6) is 0 Å². The summed E-state index contributed by atoms with van der Waals surface area (Å²) in [5, 5.41) is 14.1. The SMILES string of the molecule is CC1(C)O[C@H]2O[C@H](CN3CCN[C@@H](c4ccccc4)C3)[C@H](O)[C@H]2O1. The Balaban J connectivity index is 1.36. The number of hydrogen-bond acceptors (Lipinski definition) is 6. The van der Waals surface area contributed by atoms with Crippen LogP contribution in [0.4, 0.5) is 0 Å². The lowest BCUT2D eigenvalue weighted by Gasteiger charge is -2.36. The second-order valence-electron chi connectivity index (χ2n) is 7.31.